The molecule has 0 spiro atoms. The van der Waals surface area contributed by atoms with Gasteiger partial charge in [0.1, 0.15) is 5.92 Å². The maximum Gasteiger partial charge on any atom is 0.341 e. The largest absolute Gasteiger partial charge is 0.350 e. The van der Waals surface area contributed by atoms with Crippen LogP contribution in [0.2, 0.25) is 0 Å². The highest BCUT2D eigenvalue weighted by Crippen LogP contribution is 2.52. The Kier molecular flexibility index (Phi) is 4.17. The van der Waals surface area contributed by atoms with E-state index in [0.717, 1.165) is 17.5 Å². The topological polar surface area (TPSA) is 74.1 Å². The van der Waals surface area contributed by atoms with Gasteiger partial charge in [0, 0.05) is 11.8 Å². The Bertz CT molecular complexity index is 818. The van der Waals surface area contributed by atoms with Gasteiger partial charge in [-0.05, 0) is 17.5 Å². The lowest BCUT2D eigenvalue weighted by molar-refractivity contribution is -0.607. The third-order valence-electron chi connectivity index (χ3n) is 5.83. The van der Waals surface area contributed by atoms with Gasteiger partial charge in [-0.15, -0.1) is 0 Å². The molecule has 0 radical (unpaired) electrons. The van der Waals surface area contributed by atoms with Gasteiger partial charge >= 0.3 is 6.23 Å². The van der Waals surface area contributed by atoms with E-state index >= 15 is 0 Å². The second kappa shape index (κ2) is 6.69. The van der Waals surface area contributed by atoms with Gasteiger partial charge in [-0.3, -0.25) is 10.1 Å². The molecule has 3 aliphatic rings. The van der Waals surface area contributed by atoms with Crippen molar-refractivity contribution in [3.05, 3.63) is 81.9 Å². The van der Waals surface area contributed by atoms with E-state index in [2.05, 4.69) is 12.1 Å². The van der Waals surface area contributed by atoms with Crippen LogP contribution in [-0.4, -0.2) is 35.3 Å². The van der Waals surface area contributed by atoms with Crippen LogP contribution in [0, 0.1) is 16.0 Å². The molecule has 3 fully saturated rings. The number of rotatable bonds is 3. The minimum absolute atomic E-state index is 0.0163. The fraction of sp³-hybridized carbons (Fsp3) is 0.400. The van der Waals surface area contributed by atoms with Gasteiger partial charge in [0.15, 0.2) is 6.29 Å². The summed E-state index contributed by atoms with van der Waals surface area (Å²) in [5.41, 5.74) is 2.01. The van der Waals surface area contributed by atoms with Crippen molar-refractivity contribution in [2.75, 3.05) is 6.61 Å². The van der Waals surface area contributed by atoms with Crippen LogP contribution in [0.1, 0.15) is 29.4 Å². The van der Waals surface area contributed by atoms with Crippen LogP contribution in [0.25, 0.3) is 0 Å². The van der Waals surface area contributed by atoms with E-state index in [-0.39, 0.29) is 22.8 Å². The third-order valence-corrected chi connectivity index (χ3v) is 5.83. The average molecular weight is 368 g/mol. The van der Waals surface area contributed by atoms with Crippen molar-refractivity contribution in [3.8, 4) is 0 Å². The number of fused-ring (bicyclic) bond motifs is 2. The van der Waals surface area contributed by atoms with E-state index in [0.29, 0.717) is 6.61 Å². The molecule has 0 bridgehead atoms. The zero-order valence-corrected chi connectivity index (χ0v) is 14.6. The predicted molar refractivity (Wildman–Crippen MR) is 94.8 cm³/mol. The number of nitro groups is 1. The van der Waals surface area contributed by atoms with Crippen LogP contribution in [0.15, 0.2) is 60.7 Å². The van der Waals surface area contributed by atoms with Crippen molar-refractivity contribution in [1.82, 2.24) is 5.23 Å². The van der Waals surface area contributed by atoms with E-state index in [9.17, 15) is 10.1 Å². The maximum absolute atomic E-state index is 11.8. The van der Waals surface area contributed by atoms with Crippen LogP contribution >= 0.6 is 0 Å². The van der Waals surface area contributed by atoms with E-state index in [1.807, 2.05) is 48.5 Å². The molecule has 3 aliphatic heterocycles. The quantitative estimate of drug-likeness (QED) is 0.612. The molecular formula is C20H20N2O5. The highest BCUT2D eigenvalue weighted by atomic mass is 17.0. The first kappa shape index (κ1) is 16.8. The summed E-state index contributed by atoms with van der Waals surface area (Å²) in [4.78, 5) is 23.0. The van der Waals surface area contributed by atoms with E-state index in [1.165, 1.54) is 5.23 Å². The summed E-state index contributed by atoms with van der Waals surface area (Å²) in [7, 11) is 0. The van der Waals surface area contributed by atoms with Gasteiger partial charge in [-0.2, -0.15) is 4.84 Å². The van der Waals surface area contributed by atoms with Crippen LogP contribution in [0.4, 0.5) is 0 Å². The smallest absolute Gasteiger partial charge is 0.341 e. The molecule has 2 aromatic carbocycles. The second-order valence-corrected chi connectivity index (χ2v) is 7.23. The lowest BCUT2D eigenvalue weighted by Crippen LogP contribution is -2.49. The van der Waals surface area contributed by atoms with Crippen molar-refractivity contribution >= 4 is 0 Å². The number of hydrogen-bond donors (Lipinski definition) is 0. The summed E-state index contributed by atoms with van der Waals surface area (Å²) in [5.74, 6) is -0.287. The molecule has 0 aromatic heterocycles. The van der Waals surface area contributed by atoms with Crippen LogP contribution < -0.4 is 0 Å². The predicted octanol–water partition coefficient (Wildman–Crippen LogP) is 3.08. The minimum atomic E-state index is -1.19. The molecule has 0 amide bonds. The number of hydroxylamine groups is 2. The van der Waals surface area contributed by atoms with E-state index in [1.54, 1.807) is 0 Å². The standard InChI is InChI=1S/C20H20N2O5/c23-21(24)19-17(14-9-5-2-6-10-14)18-16(13-7-3-1-4-8-13)15-11-12-25-20(15)27-22(18)26-19/h1-10,15-20H,11-12H2/t15?,16-,17?,18?,19?,20?/m1/s1. The van der Waals surface area contributed by atoms with Crippen molar-refractivity contribution in [2.24, 2.45) is 5.92 Å². The van der Waals surface area contributed by atoms with Gasteiger partial charge < -0.3 is 4.74 Å². The lowest BCUT2D eigenvalue weighted by atomic mass is 9.72. The highest BCUT2D eigenvalue weighted by molar-refractivity contribution is 5.30. The molecule has 27 heavy (non-hydrogen) atoms. The molecule has 5 unspecified atom stereocenters. The Labute approximate surface area is 156 Å². The molecule has 2 aromatic rings. The molecule has 7 heteroatoms. The zero-order valence-electron chi connectivity index (χ0n) is 14.6. The number of hydrogen-bond acceptors (Lipinski definition) is 6. The van der Waals surface area contributed by atoms with Crippen molar-refractivity contribution in [3.63, 3.8) is 0 Å². The molecule has 0 saturated carbocycles. The Morgan fingerprint density at radius 1 is 0.926 bits per heavy atom. The first-order valence-corrected chi connectivity index (χ1v) is 9.22. The molecule has 5 rings (SSSR count). The fourth-order valence-electron chi connectivity index (χ4n) is 4.71. The van der Waals surface area contributed by atoms with Crippen LogP contribution in [0.3, 0.4) is 0 Å². The SMILES string of the molecule is O=[N+]([O-])C1ON2OC3OCCC3[C@@H](c3ccccc3)C2C1c1ccccc1. The fourth-order valence-corrected chi connectivity index (χ4v) is 4.71. The summed E-state index contributed by atoms with van der Waals surface area (Å²) in [5, 5.41) is 13.1. The number of nitrogens with zero attached hydrogens (tertiary/aromatic N) is 2. The molecule has 6 atom stereocenters. The summed E-state index contributed by atoms with van der Waals surface area (Å²) in [6.45, 7) is 0.619. The average Bonchev–Trinajstić information content (AvgIpc) is 3.31. The lowest BCUT2D eigenvalue weighted by Gasteiger charge is -2.42. The van der Waals surface area contributed by atoms with Gasteiger partial charge in [-0.25, -0.2) is 4.84 Å². The number of benzene rings is 2. The molecule has 140 valence electrons. The summed E-state index contributed by atoms with van der Waals surface area (Å²) in [6, 6.07) is 19.4. The third kappa shape index (κ3) is 2.74. The van der Waals surface area contributed by atoms with Gasteiger partial charge in [-0.1, -0.05) is 65.9 Å². The van der Waals surface area contributed by atoms with Crippen LogP contribution in [-0.2, 0) is 14.4 Å². The molecule has 0 aliphatic carbocycles. The zero-order chi connectivity index (χ0) is 18.4. The van der Waals surface area contributed by atoms with Gasteiger partial charge in [0.2, 0.25) is 0 Å². The molecule has 0 N–H and O–H groups in total. The Balaban J connectivity index is 1.63. The van der Waals surface area contributed by atoms with Crippen LogP contribution in [0.5, 0.6) is 0 Å². The van der Waals surface area contributed by atoms with Gasteiger partial charge in [0.05, 0.1) is 17.6 Å². The van der Waals surface area contributed by atoms with Crippen molar-refractivity contribution in [2.45, 2.75) is 36.8 Å². The summed E-state index contributed by atoms with van der Waals surface area (Å²) < 4.78 is 5.74. The first-order valence-electron chi connectivity index (χ1n) is 9.22. The molecule has 3 saturated heterocycles. The highest BCUT2D eigenvalue weighted by Gasteiger charge is 2.61. The summed E-state index contributed by atoms with van der Waals surface area (Å²) >= 11 is 0. The van der Waals surface area contributed by atoms with Crippen molar-refractivity contribution in [1.29, 1.82) is 0 Å². The first-order chi connectivity index (χ1) is 13.2. The van der Waals surface area contributed by atoms with E-state index in [4.69, 9.17) is 14.4 Å². The van der Waals surface area contributed by atoms with E-state index < -0.39 is 18.4 Å². The maximum atomic E-state index is 11.8. The molecular weight excluding hydrogens is 348 g/mol. The Morgan fingerprint density at radius 2 is 1.56 bits per heavy atom. The van der Waals surface area contributed by atoms with Gasteiger partial charge in [0.25, 0.3) is 0 Å². The molecule has 7 nitrogen and oxygen atoms in total. The Morgan fingerprint density at radius 3 is 2.19 bits per heavy atom. The second-order valence-electron chi connectivity index (χ2n) is 7.23. The number of ether oxygens (including phenoxy) is 1. The normalized spacial score (nSPS) is 35.6. The summed E-state index contributed by atoms with van der Waals surface area (Å²) in [6.07, 6.45) is -0.769. The minimum Gasteiger partial charge on any atom is -0.350 e. The monoisotopic (exact) mass is 368 g/mol. The molecule has 3 heterocycles. The Hall–Kier alpha value is -2.32. The van der Waals surface area contributed by atoms with Crippen molar-refractivity contribution < 1.29 is 19.3 Å².